The van der Waals surface area contributed by atoms with E-state index in [1.54, 1.807) is 103 Å². The lowest BCUT2D eigenvalue weighted by atomic mass is 9.98. The molecule has 0 saturated carbocycles. The van der Waals surface area contributed by atoms with Crippen LogP contribution in [0.25, 0.3) is 16.2 Å². The lowest BCUT2D eigenvalue weighted by Gasteiger charge is -2.27. The van der Waals surface area contributed by atoms with Crippen LogP contribution in [0.2, 0.25) is 5.02 Å². The van der Waals surface area contributed by atoms with Gasteiger partial charge in [0.2, 0.25) is 19.5 Å². The van der Waals surface area contributed by atoms with E-state index in [0.29, 0.717) is 21.7 Å². The van der Waals surface area contributed by atoms with E-state index >= 15 is 0 Å². The summed E-state index contributed by atoms with van der Waals surface area (Å²) in [6.45, 7) is 8.28. The van der Waals surface area contributed by atoms with Gasteiger partial charge in [-0.2, -0.15) is 0 Å². The third-order valence-corrected chi connectivity index (χ3v) is 9.38. The zero-order valence-electron chi connectivity index (χ0n) is 25.7. The predicted octanol–water partition coefficient (Wildman–Crippen LogP) is 7.71. The molecule has 1 heterocycles. The molecule has 0 saturated heterocycles. The number of rotatable bonds is 12. The van der Waals surface area contributed by atoms with E-state index in [1.165, 1.54) is 17.5 Å². The smallest absolute Gasteiger partial charge is 0.353 e. The Hall–Kier alpha value is -3.21. The second kappa shape index (κ2) is 14.7. The highest BCUT2D eigenvalue weighted by atomic mass is 35.5. The highest BCUT2D eigenvalue weighted by molar-refractivity contribution is 7.55. The van der Waals surface area contributed by atoms with E-state index in [2.05, 4.69) is 5.32 Å². The molecule has 0 aliphatic heterocycles. The van der Waals surface area contributed by atoms with Gasteiger partial charge < -0.3 is 19.5 Å². The summed E-state index contributed by atoms with van der Waals surface area (Å²) < 4.78 is 42.2. The second-order valence-electron chi connectivity index (χ2n) is 11.7. The average Bonchev–Trinajstić information content (AvgIpc) is 3.34. The maximum absolute atomic E-state index is 14.6. The third-order valence-electron chi connectivity index (χ3n) is 6.09. The Morgan fingerprint density at radius 1 is 0.955 bits per heavy atom. The van der Waals surface area contributed by atoms with Gasteiger partial charge >= 0.3 is 19.5 Å². The zero-order valence-corrected chi connectivity index (χ0v) is 28.1. The molecule has 0 bridgehead atoms. The summed E-state index contributed by atoms with van der Waals surface area (Å²) in [6, 6.07) is 12.2. The Bertz CT molecular complexity index is 1540. The number of fused-ring (bicyclic) bond motifs is 1. The van der Waals surface area contributed by atoms with Crippen molar-refractivity contribution >= 4 is 64.5 Å². The molecule has 3 rings (SSSR count). The number of thiophene rings is 1. The van der Waals surface area contributed by atoms with E-state index in [9.17, 15) is 18.9 Å². The van der Waals surface area contributed by atoms with Crippen LogP contribution in [-0.4, -0.2) is 38.5 Å². The van der Waals surface area contributed by atoms with Crippen molar-refractivity contribution in [2.24, 2.45) is 10.8 Å². The Balaban J connectivity index is 2.02. The standard InChI is InChI=1S/C31H37ClNO9PS/c1-30(2,3)28(35)39-18-41-43(37,42-19-40-29(36)31(4,5)6)26(24-17-44-25-12-11-21(32)16-23(24)25)27(34)33-14-13-20-9-8-10-22(15-20)38-7/h8-17,26H,18-19H2,1-7H3,(H,33,34)/b14-13+. The summed E-state index contributed by atoms with van der Waals surface area (Å²) >= 11 is 7.58. The quantitative estimate of drug-likeness (QED) is 0.118. The molecule has 44 heavy (non-hydrogen) atoms. The minimum atomic E-state index is -4.59. The molecule has 0 spiro atoms. The molecule has 1 aromatic heterocycles. The van der Waals surface area contributed by atoms with Gasteiger partial charge in [0.25, 0.3) is 0 Å². The topological polar surface area (TPSA) is 126 Å². The van der Waals surface area contributed by atoms with Crippen molar-refractivity contribution in [2.75, 3.05) is 20.7 Å². The second-order valence-corrected chi connectivity index (χ2v) is 15.2. The molecular weight excluding hydrogens is 629 g/mol. The minimum absolute atomic E-state index is 0.299. The number of esters is 2. The number of benzene rings is 2. The monoisotopic (exact) mass is 665 g/mol. The summed E-state index contributed by atoms with van der Waals surface area (Å²) in [4.78, 5) is 38.7. The first kappa shape index (κ1) is 35.3. The summed E-state index contributed by atoms with van der Waals surface area (Å²) in [5.74, 6) is -1.38. The van der Waals surface area contributed by atoms with Gasteiger partial charge in [-0.1, -0.05) is 23.7 Å². The van der Waals surface area contributed by atoms with Crippen LogP contribution in [0.15, 0.2) is 54.0 Å². The van der Waals surface area contributed by atoms with Gasteiger partial charge in [0.15, 0.2) is 5.66 Å². The molecule has 2 aromatic carbocycles. The first-order valence-electron chi connectivity index (χ1n) is 13.6. The molecule has 13 heteroatoms. The van der Waals surface area contributed by atoms with Crippen LogP contribution in [0, 0.1) is 10.8 Å². The molecule has 0 radical (unpaired) electrons. The van der Waals surface area contributed by atoms with Gasteiger partial charge in [0.05, 0.1) is 17.9 Å². The molecule has 1 atom stereocenters. The summed E-state index contributed by atoms with van der Waals surface area (Å²) in [5.41, 5.74) is -2.30. The van der Waals surface area contributed by atoms with Crippen molar-refractivity contribution in [3.8, 4) is 5.75 Å². The van der Waals surface area contributed by atoms with Crippen LogP contribution < -0.4 is 10.1 Å². The Kier molecular flexibility index (Phi) is 11.8. The first-order valence-corrected chi connectivity index (χ1v) is 16.4. The largest absolute Gasteiger partial charge is 0.497 e. The number of hydrogen-bond acceptors (Lipinski definition) is 10. The predicted molar refractivity (Wildman–Crippen MR) is 170 cm³/mol. The molecule has 0 fully saturated rings. The zero-order chi connectivity index (χ0) is 32.7. The van der Waals surface area contributed by atoms with Crippen molar-refractivity contribution in [2.45, 2.75) is 47.2 Å². The summed E-state index contributed by atoms with van der Waals surface area (Å²) in [6.07, 6.45) is 3.01. The molecule has 1 amide bonds. The average molecular weight is 666 g/mol. The maximum atomic E-state index is 14.6. The normalized spacial score (nSPS) is 13.1. The van der Waals surface area contributed by atoms with Gasteiger partial charge in [0.1, 0.15) is 5.75 Å². The minimum Gasteiger partial charge on any atom is -0.497 e. The number of amides is 1. The molecule has 1 N–H and O–H groups in total. The lowest BCUT2D eigenvalue weighted by molar-refractivity contribution is -0.162. The van der Waals surface area contributed by atoms with Crippen molar-refractivity contribution in [3.05, 3.63) is 70.2 Å². The number of methoxy groups -OCH3 is 1. The number of carbonyl (C=O) groups excluding carboxylic acids is 3. The van der Waals surface area contributed by atoms with Gasteiger partial charge in [-0.25, -0.2) is 0 Å². The molecule has 238 valence electrons. The fourth-order valence-electron chi connectivity index (χ4n) is 3.66. The van der Waals surface area contributed by atoms with Crippen LogP contribution in [0.5, 0.6) is 5.75 Å². The maximum Gasteiger partial charge on any atom is 0.353 e. The van der Waals surface area contributed by atoms with Crippen LogP contribution in [0.3, 0.4) is 0 Å². The highest BCUT2D eigenvalue weighted by Crippen LogP contribution is 2.62. The number of carbonyl (C=O) groups is 3. The molecule has 3 aromatic rings. The lowest BCUT2D eigenvalue weighted by Crippen LogP contribution is -2.29. The van der Waals surface area contributed by atoms with Crippen LogP contribution >= 0.6 is 30.5 Å². The summed E-state index contributed by atoms with van der Waals surface area (Å²) in [5, 5.41) is 5.24. The SMILES string of the molecule is COc1cccc(/C=C/NC(=O)C(c2csc3ccc(Cl)cc23)P(=O)(OCOC(=O)C(C)(C)C)OCOC(=O)C(C)(C)C)c1. The van der Waals surface area contributed by atoms with Gasteiger partial charge in [-0.15, -0.1) is 11.3 Å². The van der Waals surface area contributed by atoms with Crippen molar-refractivity contribution < 1.29 is 42.2 Å². The molecule has 0 aliphatic carbocycles. The van der Waals surface area contributed by atoms with E-state index in [4.69, 9.17) is 34.9 Å². The fraction of sp³-hybridized carbons (Fsp3) is 0.387. The van der Waals surface area contributed by atoms with E-state index < -0.39 is 55.5 Å². The first-order chi connectivity index (χ1) is 20.5. The van der Waals surface area contributed by atoms with Gasteiger partial charge in [-0.3, -0.25) is 28.0 Å². The van der Waals surface area contributed by atoms with E-state index in [-0.39, 0.29) is 0 Å². The van der Waals surface area contributed by atoms with Crippen molar-refractivity contribution in [1.29, 1.82) is 0 Å². The van der Waals surface area contributed by atoms with Crippen LogP contribution in [0.1, 0.15) is 58.3 Å². The van der Waals surface area contributed by atoms with Crippen molar-refractivity contribution in [3.63, 3.8) is 0 Å². The number of hydrogen-bond donors (Lipinski definition) is 1. The summed E-state index contributed by atoms with van der Waals surface area (Å²) in [7, 11) is -3.05. The molecule has 0 aliphatic rings. The van der Waals surface area contributed by atoms with Crippen molar-refractivity contribution in [1.82, 2.24) is 5.32 Å². The third kappa shape index (κ3) is 9.39. The Morgan fingerprint density at radius 2 is 1.57 bits per heavy atom. The van der Waals surface area contributed by atoms with E-state index in [0.717, 1.165) is 10.3 Å². The fourth-order valence-corrected chi connectivity index (χ4v) is 6.59. The molecule has 1 unspecified atom stereocenters. The highest BCUT2D eigenvalue weighted by Gasteiger charge is 2.45. The number of nitrogens with one attached hydrogen (secondary N) is 1. The molecule has 10 nitrogen and oxygen atoms in total. The van der Waals surface area contributed by atoms with Gasteiger partial charge in [0, 0.05) is 15.9 Å². The Labute approximate surface area is 266 Å². The van der Waals surface area contributed by atoms with Gasteiger partial charge in [-0.05, 0) is 99.8 Å². The van der Waals surface area contributed by atoms with Crippen LogP contribution in [-0.2, 0) is 37.5 Å². The van der Waals surface area contributed by atoms with Crippen LogP contribution in [0.4, 0.5) is 0 Å². The molecular formula is C31H37ClNO9PS. The van der Waals surface area contributed by atoms with E-state index in [1.807, 2.05) is 0 Å². The number of halogens is 1. The Morgan fingerprint density at radius 3 is 2.14 bits per heavy atom. The number of ether oxygens (including phenoxy) is 3.